The van der Waals surface area contributed by atoms with E-state index in [1.165, 1.54) is 12.0 Å². The summed E-state index contributed by atoms with van der Waals surface area (Å²) in [6.45, 7) is 6.99. The molecule has 0 saturated carbocycles. The summed E-state index contributed by atoms with van der Waals surface area (Å²) in [7, 11) is 0. The predicted molar refractivity (Wildman–Crippen MR) is 105 cm³/mol. The van der Waals surface area contributed by atoms with E-state index in [-0.39, 0.29) is 17.9 Å². The van der Waals surface area contributed by atoms with E-state index in [9.17, 15) is 4.79 Å². The summed E-state index contributed by atoms with van der Waals surface area (Å²) < 4.78 is 5.36. The molecule has 5 heteroatoms. The van der Waals surface area contributed by atoms with Crippen molar-refractivity contribution in [1.29, 1.82) is 0 Å². The second-order valence-corrected chi connectivity index (χ2v) is 8.14. The number of nitrogens with zero attached hydrogens (tertiary/aromatic N) is 3. The average Bonchev–Trinajstić information content (AvgIpc) is 3.42. The molecule has 144 valence electrons. The Hall–Kier alpha value is -2.14. The molecule has 2 aliphatic rings. The van der Waals surface area contributed by atoms with Crippen LogP contribution in [0, 0.1) is 0 Å². The Morgan fingerprint density at radius 3 is 2.63 bits per heavy atom. The first-order chi connectivity index (χ1) is 13.1. The van der Waals surface area contributed by atoms with Crippen molar-refractivity contribution in [2.75, 3.05) is 13.1 Å². The fourth-order valence-corrected chi connectivity index (χ4v) is 4.56. The lowest BCUT2D eigenvalue weighted by Gasteiger charge is -2.34. The Bertz CT molecular complexity index is 771. The minimum absolute atomic E-state index is 0.0275. The zero-order valence-electron chi connectivity index (χ0n) is 16.3. The van der Waals surface area contributed by atoms with Gasteiger partial charge in [-0.1, -0.05) is 49.3 Å². The normalized spacial score (nSPS) is 23.4. The average molecular weight is 367 g/mol. The van der Waals surface area contributed by atoms with Crippen molar-refractivity contribution in [3.05, 3.63) is 53.4 Å². The van der Waals surface area contributed by atoms with Crippen LogP contribution in [0.25, 0.3) is 0 Å². The first-order valence-electron chi connectivity index (χ1n) is 10.2. The number of rotatable bonds is 5. The molecule has 0 bridgehead atoms. The molecule has 1 aromatic heterocycles. The van der Waals surface area contributed by atoms with Gasteiger partial charge in [0.25, 0.3) is 5.91 Å². The van der Waals surface area contributed by atoms with E-state index in [2.05, 4.69) is 45.3 Å². The Morgan fingerprint density at radius 2 is 1.89 bits per heavy atom. The maximum absolute atomic E-state index is 13.1. The van der Waals surface area contributed by atoms with Crippen molar-refractivity contribution in [2.24, 2.45) is 0 Å². The largest absolute Gasteiger partial charge is 0.360 e. The standard InChI is InChI=1S/C22H29N3O2/c1-16(2)21-14-18(23-27-21)22(26)25-13-7-11-20(25)19-10-6-12-24(19)15-17-8-4-3-5-9-17/h3-5,8-9,14,16,19-20H,6-7,10-13,15H2,1-2H3. The molecular formula is C22H29N3O2. The molecule has 1 aromatic carbocycles. The zero-order valence-corrected chi connectivity index (χ0v) is 16.3. The van der Waals surface area contributed by atoms with Crippen molar-refractivity contribution in [2.45, 2.75) is 64.1 Å². The monoisotopic (exact) mass is 367 g/mol. The van der Waals surface area contributed by atoms with Crippen molar-refractivity contribution in [3.63, 3.8) is 0 Å². The molecule has 3 heterocycles. The van der Waals surface area contributed by atoms with Gasteiger partial charge in [-0.25, -0.2) is 0 Å². The minimum atomic E-state index is 0.0275. The van der Waals surface area contributed by atoms with Crippen LogP contribution in [0.15, 0.2) is 40.9 Å². The van der Waals surface area contributed by atoms with Gasteiger partial charge in [0.05, 0.1) is 0 Å². The fourth-order valence-electron chi connectivity index (χ4n) is 4.56. The van der Waals surface area contributed by atoms with Gasteiger partial charge in [0.2, 0.25) is 0 Å². The third-order valence-electron chi connectivity index (χ3n) is 5.96. The molecule has 0 aliphatic carbocycles. The Balaban J connectivity index is 1.49. The van der Waals surface area contributed by atoms with Crippen molar-refractivity contribution in [3.8, 4) is 0 Å². The van der Waals surface area contributed by atoms with Crippen LogP contribution in [0.3, 0.4) is 0 Å². The van der Waals surface area contributed by atoms with Gasteiger partial charge >= 0.3 is 0 Å². The number of benzene rings is 1. The molecule has 0 N–H and O–H groups in total. The Labute approximate surface area is 161 Å². The number of amides is 1. The highest BCUT2D eigenvalue weighted by molar-refractivity contribution is 5.92. The number of hydrogen-bond donors (Lipinski definition) is 0. The fraction of sp³-hybridized carbons (Fsp3) is 0.545. The summed E-state index contributed by atoms with van der Waals surface area (Å²) in [5, 5.41) is 4.05. The van der Waals surface area contributed by atoms with E-state index in [0.29, 0.717) is 11.7 Å². The van der Waals surface area contributed by atoms with E-state index in [1.807, 2.05) is 19.9 Å². The molecule has 2 aromatic rings. The van der Waals surface area contributed by atoms with Crippen LogP contribution < -0.4 is 0 Å². The van der Waals surface area contributed by atoms with Crippen molar-refractivity contribution >= 4 is 5.91 Å². The first-order valence-corrected chi connectivity index (χ1v) is 10.2. The molecule has 2 saturated heterocycles. The first kappa shape index (κ1) is 18.2. The quantitative estimate of drug-likeness (QED) is 0.799. The maximum atomic E-state index is 13.1. The lowest BCUT2D eigenvalue weighted by atomic mass is 10.0. The van der Waals surface area contributed by atoms with E-state index in [1.54, 1.807) is 0 Å². The second-order valence-electron chi connectivity index (χ2n) is 8.14. The number of carbonyl (C=O) groups excluding carboxylic acids is 1. The van der Waals surface area contributed by atoms with Gasteiger partial charge in [-0.15, -0.1) is 0 Å². The molecule has 0 radical (unpaired) electrons. The molecule has 0 spiro atoms. The number of likely N-dealkylation sites (tertiary alicyclic amines) is 2. The van der Waals surface area contributed by atoms with Gasteiger partial charge in [0.1, 0.15) is 5.76 Å². The van der Waals surface area contributed by atoms with Crippen LogP contribution >= 0.6 is 0 Å². The van der Waals surface area contributed by atoms with Crippen LogP contribution in [0.2, 0.25) is 0 Å². The summed E-state index contributed by atoms with van der Waals surface area (Å²) in [4.78, 5) is 17.7. The summed E-state index contributed by atoms with van der Waals surface area (Å²) in [6, 6.07) is 13.2. The minimum Gasteiger partial charge on any atom is -0.360 e. The van der Waals surface area contributed by atoms with Crippen LogP contribution in [-0.4, -0.2) is 46.0 Å². The highest BCUT2D eigenvalue weighted by Crippen LogP contribution is 2.32. The summed E-state index contributed by atoms with van der Waals surface area (Å²) in [5.41, 5.74) is 1.80. The van der Waals surface area contributed by atoms with Gasteiger partial charge in [0, 0.05) is 37.2 Å². The summed E-state index contributed by atoms with van der Waals surface area (Å²) >= 11 is 0. The molecule has 1 amide bonds. The molecule has 4 rings (SSSR count). The zero-order chi connectivity index (χ0) is 18.8. The highest BCUT2D eigenvalue weighted by Gasteiger charge is 2.40. The predicted octanol–water partition coefficient (Wildman–Crippen LogP) is 4.07. The molecule has 2 aliphatic heterocycles. The van der Waals surface area contributed by atoms with E-state index < -0.39 is 0 Å². The third-order valence-corrected chi connectivity index (χ3v) is 5.96. The smallest absolute Gasteiger partial charge is 0.276 e. The molecule has 2 atom stereocenters. The van der Waals surface area contributed by atoms with Gasteiger partial charge in [-0.3, -0.25) is 9.69 Å². The van der Waals surface area contributed by atoms with Crippen molar-refractivity contribution in [1.82, 2.24) is 15.0 Å². The molecule has 2 unspecified atom stereocenters. The van der Waals surface area contributed by atoms with Crippen LogP contribution in [0.1, 0.15) is 67.3 Å². The van der Waals surface area contributed by atoms with Crippen molar-refractivity contribution < 1.29 is 9.32 Å². The Kier molecular flexibility index (Phi) is 5.30. The number of carbonyl (C=O) groups is 1. The third kappa shape index (κ3) is 3.79. The van der Waals surface area contributed by atoms with E-state index in [4.69, 9.17) is 4.52 Å². The molecule has 2 fully saturated rings. The van der Waals surface area contributed by atoms with E-state index in [0.717, 1.165) is 44.7 Å². The SMILES string of the molecule is CC(C)c1cc(C(=O)N2CCCC2C2CCCN2Cc2ccccc2)no1. The van der Waals surface area contributed by atoms with Gasteiger partial charge < -0.3 is 9.42 Å². The van der Waals surface area contributed by atoms with Gasteiger partial charge in [0.15, 0.2) is 5.69 Å². The lowest BCUT2D eigenvalue weighted by Crippen LogP contribution is -2.48. The maximum Gasteiger partial charge on any atom is 0.276 e. The lowest BCUT2D eigenvalue weighted by molar-refractivity contribution is 0.0629. The topological polar surface area (TPSA) is 49.6 Å². The highest BCUT2D eigenvalue weighted by atomic mass is 16.5. The van der Waals surface area contributed by atoms with Gasteiger partial charge in [-0.05, 0) is 37.8 Å². The molecule has 5 nitrogen and oxygen atoms in total. The number of hydrogen-bond acceptors (Lipinski definition) is 4. The van der Waals surface area contributed by atoms with Crippen LogP contribution in [0.5, 0.6) is 0 Å². The van der Waals surface area contributed by atoms with Gasteiger partial charge in [-0.2, -0.15) is 0 Å². The summed E-state index contributed by atoms with van der Waals surface area (Å²) in [6.07, 6.45) is 4.52. The van der Waals surface area contributed by atoms with E-state index >= 15 is 0 Å². The van der Waals surface area contributed by atoms with Crippen LogP contribution in [0.4, 0.5) is 0 Å². The number of aromatic nitrogens is 1. The summed E-state index contributed by atoms with van der Waals surface area (Å²) in [5.74, 6) is 1.05. The van der Waals surface area contributed by atoms with Crippen LogP contribution in [-0.2, 0) is 6.54 Å². The Morgan fingerprint density at radius 1 is 1.15 bits per heavy atom. The second kappa shape index (κ2) is 7.85. The molecular weight excluding hydrogens is 338 g/mol. The molecule has 27 heavy (non-hydrogen) atoms.